The number of fused-ring (bicyclic) bond motifs is 1. The Morgan fingerprint density at radius 2 is 2.14 bits per heavy atom. The van der Waals surface area contributed by atoms with E-state index >= 15 is 0 Å². The van der Waals surface area contributed by atoms with E-state index in [1.807, 2.05) is 0 Å². The second kappa shape index (κ2) is 6.89. The van der Waals surface area contributed by atoms with Gasteiger partial charge in [0.2, 0.25) is 0 Å². The predicted octanol–water partition coefficient (Wildman–Crippen LogP) is 5.23. The molecule has 1 atom stereocenters. The molecule has 0 amide bonds. The molecule has 0 saturated heterocycles. The van der Waals surface area contributed by atoms with E-state index in [1.165, 1.54) is 36.8 Å². The van der Waals surface area contributed by atoms with Crippen LogP contribution in [0.2, 0.25) is 0 Å². The first-order valence-electron chi connectivity index (χ1n) is 8.06. The molecule has 3 rings (SSSR count). The molecule has 0 radical (unpaired) electrons. The fraction of sp³-hybridized carbons (Fsp3) is 0.500. The van der Waals surface area contributed by atoms with Gasteiger partial charge in [-0.2, -0.15) is 0 Å². The van der Waals surface area contributed by atoms with Crippen molar-refractivity contribution in [3.63, 3.8) is 0 Å². The number of nitrogens with zero attached hydrogens (tertiary/aromatic N) is 1. The van der Waals surface area contributed by atoms with Crippen LogP contribution >= 0.6 is 15.9 Å². The summed E-state index contributed by atoms with van der Waals surface area (Å²) in [5.41, 5.74) is 2.27. The van der Waals surface area contributed by atoms with Crippen LogP contribution in [0.1, 0.15) is 50.8 Å². The predicted molar refractivity (Wildman–Crippen MR) is 92.4 cm³/mol. The quantitative estimate of drug-likeness (QED) is 0.774. The molecule has 1 fully saturated rings. The van der Waals surface area contributed by atoms with Gasteiger partial charge in [-0.25, -0.2) is 4.98 Å². The molecule has 0 spiro atoms. The second-order valence-corrected chi connectivity index (χ2v) is 6.94. The highest BCUT2D eigenvalue weighted by Crippen LogP contribution is 2.36. The Morgan fingerprint density at radius 1 is 1.33 bits per heavy atom. The van der Waals surface area contributed by atoms with E-state index in [1.54, 1.807) is 0 Å². The number of para-hydroxylation sites is 1. The molecule has 1 saturated carbocycles. The van der Waals surface area contributed by atoms with Crippen LogP contribution in [0.15, 0.2) is 34.8 Å². The Bertz CT molecular complexity index is 607. The zero-order valence-electron chi connectivity index (χ0n) is 12.6. The first-order valence-corrected chi connectivity index (χ1v) is 8.85. The van der Waals surface area contributed by atoms with Gasteiger partial charge in [0.1, 0.15) is 0 Å². The molecule has 1 aromatic heterocycles. The van der Waals surface area contributed by atoms with Crippen LogP contribution in [0.25, 0.3) is 10.9 Å². The molecule has 112 valence electrons. The number of hydrogen-bond donors (Lipinski definition) is 1. The van der Waals surface area contributed by atoms with Crippen molar-refractivity contribution in [1.82, 2.24) is 10.3 Å². The highest BCUT2D eigenvalue weighted by molar-refractivity contribution is 9.10. The lowest BCUT2D eigenvalue weighted by molar-refractivity contribution is 0.259. The van der Waals surface area contributed by atoms with Crippen LogP contribution in [0.5, 0.6) is 0 Å². The monoisotopic (exact) mass is 346 g/mol. The van der Waals surface area contributed by atoms with E-state index in [4.69, 9.17) is 4.98 Å². The van der Waals surface area contributed by atoms with E-state index in [9.17, 15) is 0 Å². The Balaban J connectivity index is 1.90. The highest BCUT2D eigenvalue weighted by Gasteiger charge is 2.25. The number of aromatic nitrogens is 1. The lowest BCUT2D eigenvalue weighted by Crippen LogP contribution is -2.27. The fourth-order valence-electron chi connectivity index (χ4n) is 3.02. The maximum absolute atomic E-state index is 4.93. The minimum atomic E-state index is 0.370. The smallest absolute Gasteiger partial charge is 0.0722 e. The van der Waals surface area contributed by atoms with Gasteiger partial charge in [-0.1, -0.05) is 44.4 Å². The van der Waals surface area contributed by atoms with E-state index in [-0.39, 0.29) is 0 Å². The van der Waals surface area contributed by atoms with Crippen LogP contribution < -0.4 is 5.32 Å². The van der Waals surface area contributed by atoms with Crippen molar-refractivity contribution in [1.29, 1.82) is 0 Å². The number of rotatable bonds is 6. The molecule has 0 bridgehead atoms. The van der Waals surface area contributed by atoms with Gasteiger partial charge in [0.05, 0.1) is 17.3 Å². The van der Waals surface area contributed by atoms with Crippen molar-refractivity contribution in [3.8, 4) is 0 Å². The summed E-state index contributed by atoms with van der Waals surface area (Å²) in [4.78, 5) is 4.93. The lowest BCUT2D eigenvalue weighted by atomic mass is 9.80. The first kappa shape index (κ1) is 15.0. The standard InChI is InChI=1S/C18H23BrN2/c1-2-10-20-17(11-13-6-5-7-13)18-15(19)12-14-8-3-4-9-16(14)21-18/h3-4,8-9,12-13,17,20H,2,5-7,10-11H2,1H3. The maximum atomic E-state index is 4.93. The van der Waals surface area contributed by atoms with E-state index in [0.29, 0.717) is 6.04 Å². The molecule has 2 aromatic rings. The topological polar surface area (TPSA) is 24.9 Å². The summed E-state index contributed by atoms with van der Waals surface area (Å²) in [5.74, 6) is 0.875. The average Bonchev–Trinajstić information content (AvgIpc) is 2.45. The van der Waals surface area contributed by atoms with Crippen molar-refractivity contribution < 1.29 is 0 Å². The highest BCUT2D eigenvalue weighted by atomic mass is 79.9. The first-order chi connectivity index (χ1) is 10.3. The molecule has 3 heteroatoms. The number of pyridine rings is 1. The average molecular weight is 347 g/mol. The van der Waals surface area contributed by atoms with Crippen LogP contribution in [0.3, 0.4) is 0 Å². The molecule has 1 aliphatic rings. The van der Waals surface area contributed by atoms with E-state index in [2.05, 4.69) is 58.5 Å². The van der Waals surface area contributed by atoms with Gasteiger partial charge >= 0.3 is 0 Å². The third-order valence-electron chi connectivity index (χ3n) is 4.47. The third-order valence-corrected chi connectivity index (χ3v) is 5.10. The summed E-state index contributed by atoms with van der Waals surface area (Å²) in [5, 5.41) is 4.90. The molecular formula is C18H23BrN2. The SMILES string of the molecule is CCCNC(CC1CCC1)c1nc2ccccc2cc1Br. The molecule has 1 N–H and O–H groups in total. The lowest BCUT2D eigenvalue weighted by Gasteiger charge is -2.30. The Kier molecular flexibility index (Phi) is 4.91. The van der Waals surface area contributed by atoms with Crippen molar-refractivity contribution in [2.24, 2.45) is 5.92 Å². The van der Waals surface area contributed by atoms with Crippen molar-refractivity contribution in [2.45, 2.75) is 45.1 Å². The second-order valence-electron chi connectivity index (χ2n) is 6.09. The summed E-state index contributed by atoms with van der Waals surface area (Å²) >= 11 is 3.74. The summed E-state index contributed by atoms with van der Waals surface area (Å²) in [6.45, 7) is 3.27. The molecule has 21 heavy (non-hydrogen) atoms. The van der Waals surface area contributed by atoms with Gasteiger partial charge in [0.25, 0.3) is 0 Å². The normalized spacial score (nSPS) is 16.9. The zero-order chi connectivity index (χ0) is 14.7. The number of hydrogen-bond acceptors (Lipinski definition) is 2. The number of nitrogens with one attached hydrogen (secondary N) is 1. The van der Waals surface area contributed by atoms with Gasteiger partial charge in [0.15, 0.2) is 0 Å². The molecule has 1 heterocycles. The van der Waals surface area contributed by atoms with Gasteiger partial charge in [-0.3, -0.25) is 0 Å². The maximum Gasteiger partial charge on any atom is 0.0722 e. The van der Waals surface area contributed by atoms with Gasteiger partial charge in [0, 0.05) is 9.86 Å². The Morgan fingerprint density at radius 3 is 2.86 bits per heavy atom. The molecule has 1 aromatic carbocycles. The minimum absolute atomic E-state index is 0.370. The minimum Gasteiger partial charge on any atom is -0.309 e. The Labute approximate surface area is 135 Å². The summed E-state index contributed by atoms with van der Waals surface area (Å²) < 4.78 is 1.13. The molecular weight excluding hydrogens is 324 g/mol. The molecule has 0 aliphatic heterocycles. The number of halogens is 1. The van der Waals surface area contributed by atoms with Crippen LogP contribution in [-0.2, 0) is 0 Å². The van der Waals surface area contributed by atoms with Crippen molar-refractivity contribution in [2.75, 3.05) is 6.54 Å². The van der Waals surface area contributed by atoms with Crippen LogP contribution in [0, 0.1) is 5.92 Å². The number of benzene rings is 1. The van der Waals surface area contributed by atoms with Gasteiger partial charge in [-0.05, 0) is 53.4 Å². The largest absolute Gasteiger partial charge is 0.309 e. The van der Waals surface area contributed by atoms with Crippen molar-refractivity contribution in [3.05, 3.63) is 40.5 Å². The van der Waals surface area contributed by atoms with Crippen molar-refractivity contribution >= 4 is 26.8 Å². The molecule has 1 unspecified atom stereocenters. The van der Waals surface area contributed by atoms with Gasteiger partial charge in [-0.15, -0.1) is 0 Å². The summed E-state index contributed by atoms with van der Waals surface area (Å²) in [6.07, 6.45) is 6.54. The van der Waals surface area contributed by atoms with E-state index < -0.39 is 0 Å². The van der Waals surface area contributed by atoms with Crippen LogP contribution in [-0.4, -0.2) is 11.5 Å². The van der Waals surface area contributed by atoms with E-state index in [0.717, 1.165) is 28.9 Å². The zero-order valence-corrected chi connectivity index (χ0v) is 14.2. The van der Waals surface area contributed by atoms with Gasteiger partial charge < -0.3 is 5.32 Å². The Hall–Kier alpha value is -0.930. The molecule has 2 nitrogen and oxygen atoms in total. The fourth-order valence-corrected chi connectivity index (χ4v) is 3.63. The van der Waals surface area contributed by atoms with Crippen LogP contribution in [0.4, 0.5) is 0 Å². The summed E-state index contributed by atoms with van der Waals surface area (Å²) in [6, 6.07) is 10.9. The summed E-state index contributed by atoms with van der Waals surface area (Å²) in [7, 11) is 0. The molecule has 1 aliphatic carbocycles. The third kappa shape index (κ3) is 3.46.